The number of aromatic nitrogens is 1. The first-order valence-corrected chi connectivity index (χ1v) is 10.5. The summed E-state index contributed by atoms with van der Waals surface area (Å²) in [6, 6.07) is 10.2. The number of nitrogens with zero attached hydrogens (tertiary/aromatic N) is 2. The molecule has 7 heteroatoms. The molecule has 31 heavy (non-hydrogen) atoms. The van der Waals surface area contributed by atoms with Crippen molar-refractivity contribution in [3.63, 3.8) is 0 Å². The van der Waals surface area contributed by atoms with E-state index in [0.29, 0.717) is 28.6 Å². The van der Waals surface area contributed by atoms with E-state index >= 15 is 0 Å². The lowest BCUT2D eigenvalue weighted by Crippen LogP contribution is -2.37. The summed E-state index contributed by atoms with van der Waals surface area (Å²) >= 11 is 0. The molecule has 3 aromatic rings. The minimum Gasteiger partial charge on any atom is -0.330 e. The van der Waals surface area contributed by atoms with E-state index in [1.165, 1.54) is 12.5 Å². The number of nitrogens with one attached hydrogen (secondary N) is 1. The Bertz CT molecular complexity index is 1200. The van der Waals surface area contributed by atoms with Gasteiger partial charge in [0.2, 0.25) is 0 Å². The van der Waals surface area contributed by atoms with Gasteiger partial charge in [0.1, 0.15) is 17.3 Å². The fourth-order valence-corrected chi connectivity index (χ4v) is 4.68. The molecule has 1 aliphatic heterocycles. The number of rotatable bonds is 3. The normalized spacial score (nSPS) is 16.6. The Labute approximate surface area is 178 Å². The second-order valence-corrected chi connectivity index (χ2v) is 8.13. The number of pyridine rings is 1. The van der Waals surface area contributed by atoms with Crippen LogP contribution < -0.4 is 5.32 Å². The SMILES string of the molecule is O=C(Nc1ccc(F)cc1F)c1c2c(nc3ccccc13)C(=O)N(C1CCCCC1)C2. The summed E-state index contributed by atoms with van der Waals surface area (Å²) in [6.45, 7) is 0.311. The van der Waals surface area contributed by atoms with Crippen LogP contribution in [0.15, 0.2) is 42.5 Å². The quantitative estimate of drug-likeness (QED) is 0.644. The highest BCUT2D eigenvalue weighted by Gasteiger charge is 2.38. The third kappa shape index (κ3) is 3.44. The molecule has 1 aromatic heterocycles. The van der Waals surface area contributed by atoms with Crippen LogP contribution >= 0.6 is 0 Å². The number of carbonyl (C=O) groups is 2. The van der Waals surface area contributed by atoms with Gasteiger partial charge in [0.25, 0.3) is 11.8 Å². The van der Waals surface area contributed by atoms with Gasteiger partial charge in [0, 0.05) is 29.6 Å². The van der Waals surface area contributed by atoms with Gasteiger partial charge in [-0.25, -0.2) is 13.8 Å². The van der Waals surface area contributed by atoms with Crippen molar-refractivity contribution in [3.8, 4) is 0 Å². The Morgan fingerprint density at radius 2 is 1.84 bits per heavy atom. The van der Waals surface area contributed by atoms with E-state index < -0.39 is 17.5 Å². The summed E-state index contributed by atoms with van der Waals surface area (Å²) in [5.74, 6) is -2.28. The first kappa shape index (κ1) is 19.6. The number of anilines is 1. The van der Waals surface area contributed by atoms with Crippen molar-refractivity contribution in [2.45, 2.75) is 44.7 Å². The van der Waals surface area contributed by atoms with Crippen LogP contribution in [-0.2, 0) is 6.54 Å². The van der Waals surface area contributed by atoms with Crippen molar-refractivity contribution in [2.75, 3.05) is 5.32 Å². The standard InChI is InChI=1S/C24H21F2N3O2/c25-14-10-11-20(18(26)12-14)28-23(30)21-16-8-4-5-9-19(16)27-22-17(21)13-29(24(22)31)15-6-2-1-3-7-15/h4-5,8-12,15H,1-3,6-7,13H2,(H,28,30). The summed E-state index contributed by atoms with van der Waals surface area (Å²) in [5.41, 5.74) is 1.58. The summed E-state index contributed by atoms with van der Waals surface area (Å²) in [4.78, 5) is 32.9. The molecule has 2 heterocycles. The van der Waals surface area contributed by atoms with Crippen LogP contribution in [0.2, 0.25) is 0 Å². The summed E-state index contributed by atoms with van der Waals surface area (Å²) < 4.78 is 27.4. The van der Waals surface area contributed by atoms with Crippen LogP contribution in [0.1, 0.15) is 58.5 Å². The van der Waals surface area contributed by atoms with Gasteiger partial charge < -0.3 is 10.2 Å². The molecule has 5 rings (SSSR count). The zero-order chi connectivity index (χ0) is 21.5. The van der Waals surface area contributed by atoms with Crippen molar-refractivity contribution in [3.05, 3.63) is 70.9 Å². The third-order valence-corrected chi connectivity index (χ3v) is 6.21. The van der Waals surface area contributed by atoms with Gasteiger partial charge >= 0.3 is 0 Å². The maximum atomic E-state index is 14.2. The van der Waals surface area contributed by atoms with Gasteiger partial charge in [0.15, 0.2) is 0 Å². The first-order valence-electron chi connectivity index (χ1n) is 10.5. The fourth-order valence-electron chi connectivity index (χ4n) is 4.68. The average molecular weight is 421 g/mol. The number of benzene rings is 2. The second kappa shape index (κ2) is 7.72. The number of para-hydroxylation sites is 1. The maximum Gasteiger partial charge on any atom is 0.273 e. The van der Waals surface area contributed by atoms with Crippen molar-refractivity contribution in [2.24, 2.45) is 0 Å². The highest BCUT2D eigenvalue weighted by atomic mass is 19.1. The van der Waals surface area contributed by atoms with E-state index in [0.717, 1.165) is 37.8 Å². The van der Waals surface area contributed by atoms with Gasteiger partial charge in [-0.15, -0.1) is 0 Å². The minimum absolute atomic E-state index is 0.116. The van der Waals surface area contributed by atoms with Crippen LogP contribution in [0.5, 0.6) is 0 Å². The Balaban J connectivity index is 1.58. The fraction of sp³-hybridized carbons (Fsp3) is 0.292. The topological polar surface area (TPSA) is 62.3 Å². The molecule has 1 aliphatic carbocycles. The van der Waals surface area contributed by atoms with Crippen LogP contribution in [0.25, 0.3) is 10.9 Å². The third-order valence-electron chi connectivity index (χ3n) is 6.21. The molecule has 5 nitrogen and oxygen atoms in total. The van der Waals surface area contributed by atoms with Crippen molar-refractivity contribution >= 4 is 28.4 Å². The molecule has 0 radical (unpaired) electrons. The molecular weight excluding hydrogens is 400 g/mol. The average Bonchev–Trinajstić information content (AvgIpc) is 3.10. The van der Waals surface area contributed by atoms with Crippen molar-refractivity contribution in [1.82, 2.24) is 9.88 Å². The largest absolute Gasteiger partial charge is 0.330 e. The predicted octanol–water partition coefficient (Wildman–Crippen LogP) is 5.05. The smallest absolute Gasteiger partial charge is 0.273 e. The Morgan fingerprint density at radius 1 is 1.06 bits per heavy atom. The number of amides is 2. The molecule has 0 spiro atoms. The van der Waals surface area contributed by atoms with Gasteiger partial charge in [-0.3, -0.25) is 9.59 Å². The van der Waals surface area contributed by atoms with Crippen molar-refractivity contribution in [1.29, 1.82) is 0 Å². The Morgan fingerprint density at radius 3 is 2.61 bits per heavy atom. The minimum atomic E-state index is -0.858. The number of carbonyl (C=O) groups excluding carboxylic acids is 2. The van der Waals surface area contributed by atoms with Crippen LogP contribution in [0, 0.1) is 11.6 Å². The number of fused-ring (bicyclic) bond motifs is 2. The Kier molecular flexibility index (Phi) is 4.88. The van der Waals surface area contributed by atoms with Crippen LogP contribution in [-0.4, -0.2) is 27.7 Å². The Hall–Kier alpha value is -3.35. The highest BCUT2D eigenvalue weighted by Crippen LogP contribution is 2.35. The van der Waals surface area contributed by atoms with Gasteiger partial charge in [-0.2, -0.15) is 0 Å². The van der Waals surface area contributed by atoms with Crippen LogP contribution in [0.4, 0.5) is 14.5 Å². The summed E-state index contributed by atoms with van der Waals surface area (Å²) in [5, 5.41) is 3.14. The second-order valence-electron chi connectivity index (χ2n) is 8.13. The number of halogens is 2. The summed E-state index contributed by atoms with van der Waals surface area (Å²) in [6.07, 6.45) is 5.22. The lowest BCUT2D eigenvalue weighted by atomic mass is 9.94. The molecule has 2 aromatic carbocycles. The van der Waals surface area contributed by atoms with Gasteiger partial charge in [-0.05, 0) is 31.0 Å². The molecule has 2 amide bonds. The molecule has 0 atom stereocenters. The van der Waals surface area contributed by atoms with E-state index in [4.69, 9.17) is 0 Å². The van der Waals surface area contributed by atoms with Crippen LogP contribution in [0.3, 0.4) is 0 Å². The first-order chi connectivity index (χ1) is 15.0. The van der Waals surface area contributed by atoms with E-state index in [-0.39, 0.29) is 23.3 Å². The zero-order valence-corrected chi connectivity index (χ0v) is 16.8. The van der Waals surface area contributed by atoms with E-state index in [9.17, 15) is 18.4 Å². The predicted molar refractivity (Wildman–Crippen MR) is 113 cm³/mol. The molecule has 1 N–H and O–H groups in total. The summed E-state index contributed by atoms with van der Waals surface area (Å²) in [7, 11) is 0. The molecule has 0 unspecified atom stereocenters. The monoisotopic (exact) mass is 421 g/mol. The molecule has 1 saturated carbocycles. The van der Waals surface area contributed by atoms with E-state index in [2.05, 4.69) is 10.3 Å². The van der Waals surface area contributed by atoms with E-state index in [1.807, 2.05) is 4.90 Å². The van der Waals surface area contributed by atoms with Gasteiger partial charge in [0.05, 0.1) is 16.8 Å². The lowest BCUT2D eigenvalue weighted by Gasteiger charge is -2.30. The molecule has 2 aliphatic rings. The van der Waals surface area contributed by atoms with Crippen molar-refractivity contribution < 1.29 is 18.4 Å². The molecular formula is C24H21F2N3O2. The lowest BCUT2D eigenvalue weighted by molar-refractivity contribution is 0.0655. The highest BCUT2D eigenvalue weighted by molar-refractivity contribution is 6.16. The molecule has 1 fully saturated rings. The number of hydrogen-bond donors (Lipinski definition) is 1. The van der Waals surface area contributed by atoms with Gasteiger partial charge in [-0.1, -0.05) is 37.5 Å². The molecule has 0 bridgehead atoms. The molecule has 158 valence electrons. The zero-order valence-electron chi connectivity index (χ0n) is 16.8. The van der Waals surface area contributed by atoms with E-state index in [1.54, 1.807) is 24.3 Å². The maximum absolute atomic E-state index is 14.2. The number of hydrogen-bond acceptors (Lipinski definition) is 3. The molecule has 0 saturated heterocycles.